The molecular weight excluding hydrogens is 343 g/mol. The van der Waals surface area contributed by atoms with Gasteiger partial charge in [-0.25, -0.2) is 9.07 Å². The van der Waals surface area contributed by atoms with E-state index in [4.69, 9.17) is 0 Å². The summed E-state index contributed by atoms with van der Waals surface area (Å²) in [4.78, 5) is 4.93. The van der Waals surface area contributed by atoms with Crippen LogP contribution in [-0.4, -0.2) is 63.5 Å². The molecule has 27 heavy (non-hydrogen) atoms. The molecule has 0 bridgehead atoms. The summed E-state index contributed by atoms with van der Waals surface area (Å²) in [6.45, 7) is 9.61. The molecule has 2 aromatic rings. The van der Waals surface area contributed by atoms with Gasteiger partial charge in [0.15, 0.2) is 0 Å². The van der Waals surface area contributed by atoms with Crippen LogP contribution < -0.4 is 0 Å². The number of para-hydroxylation sites is 1. The number of piperazine rings is 1. The van der Waals surface area contributed by atoms with Gasteiger partial charge in [0.1, 0.15) is 11.5 Å². The molecule has 1 N–H and O–H groups in total. The number of hydrogen-bond acceptors (Lipinski definition) is 4. The van der Waals surface area contributed by atoms with Crippen LogP contribution in [-0.2, 0) is 6.54 Å². The van der Waals surface area contributed by atoms with Crippen molar-refractivity contribution < 1.29 is 9.50 Å². The number of hydrogen-bond donors (Lipinski definition) is 1. The lowest BCUT2D eigenvalue weighted by Crippen LogP contribution is -2.53. The number of rotatable bonds is 8. The van der Waals surface area contributed by atoms with E-state index in [-0.39, 0.29) is 12.4 Å². The lowest BCUT2D eigenvalue weighted by Gasteiger charge is -2.41. The molecule has 2 heterocycles. The van der Waals surface area contributed by atoms with Crippen LogP contribution in [0.15, 0.2) is 36.7 Å². The van der Waals surface area contributed by atoms with Crippen LogP contribution in [0.4, 0.5) is 4.39 Å². The van der Waals surface area contributed by atoms with Crippen LogP contribution in [0.3, 0.4) is 0 Å². The normalized spacial score (nSPS) is 19.1. The van der Waals surface area contributed by atoms with Gasteiger partial charge in [-0.2, -0.15) is 5.10 Å². The van der Waals surface area contributed by atoms with E-state index >= 15 is 0 Å². The summed E-state index contributed by atoms with van der Waals surface area (Å²) in [5.41, 5.74) is 1.55. The highest BCUT2D eigenvalue weighted by atomic mass is 19.1. The Labute approximate surface area is 161 Å². The highest BCUT2D eigenvalue weighted by Gasteiger charge is 2.26. The molecule has 0 aliphatic carbocycles. The van der Waals surface area contributed by atoms with Crippen molar-refractivity contribution in [3.05, 3.63) is 48.0 Å². The Hall–Kier alpha value is -1.76. The fourth-order valence-corrected chi connectivity index (χ4v) is 3.71. The molecule has 0 saturated carbocycles. The van der Waals surface area contributed by atoms with Gasteiger partial charge in [0.25, 0.3) is 0 Å². The molecule has 0 unspecified atom stereocenters. The first kappa shape index (κ1) is 20.0. The summed E-state index contributed by atoms with van der Waals surface area (Å²) in [6.07, 6.45) is 5.73. The fraction of sp³-hybridized carbons (Fsp3) is 0.571. The summed E-state index contributed by atoms with van der Waals surface area (Å²) in [6, 6.07) is 7.08. The molecule has 0 amide bonds. The highest BCUT2D eigenvalue weighted by molar-refractivity contribution is 5.32. The zero-order valence-electron chi connectivity index (χ0n) is 16.4. The van der Waals surface area contributed by atoms with Crippen molar-refractivity contribution in [1.82, 2.24) is 19.6 Å². The zero-order chi connectivity index (χ0) is 19.2. The van der Waals surface area contributed by atoms with E-state index in [9.17, 15) is 9.50 Å². The first-order valence-electron chi connectivity index (χ1n) is 9.92. The lowest BCUT2D eigenvalue weighted by atomic mass is 10.1. The van der Waals surface area contributed by atoms with E-state index in [1.54, 1.807) is 16.8 Å². The largest absolute Gasteiger partial charge is 0.396 e. The minimum atomic E-state index is -0.270. The number of aromatic nitrogens is 2. The number of aliphatic hydroxyl groups is 1. The summed E-state index contributed by atoms with van der Waals surface area (Å²) < 4.78 is 15.6. The van der Waals surface area contributed by atoms with Gasteiger partial charge in [-0.1, -0.05) is 26.0 Å². The standard InChI is InChI=1S/C21H31FN4O/c1-17(2)7-9-25-11-10-24(16-19(25)8-12-27)14-18-13-23-26(15-18)21-6-4-3-5-20(21)22/h3-6,13,15,17,19,27H,7-12,14,16H2,1-2H3/t19-/m1/s1. The summed E-state index contributed by atoms with van der Waals surface area (Å²) >= 11 is 0. The lowest BCUT2D eigenvalue weighted by molar-refractivity contribution is 0.0524. The molecule has 1 aliphatic rings. The molecule has 1 aliphatic heterocycles. The molecule has 1 fully saturated rings. The quantitative estimate of drug-likeness (QED) is 0.772. The van der Waals surface area contributed by atoms with Crippen LogP contribution in [0.25, 0.3) is 5.69 Å². The summed E-state index contributed by atoms with van der Waals surface area (Å²) in [7, 11) is 0. The maximum absolute atomic E-state index is 14.0. The predicted octanol–water partition coefficient (Wildman–Crippen LogP) is 2.93. The van der Waals surface area contributed by atoms with Crippen LogP contribution >= 0.6 is 0 Å². The van der Waals surface area contributed by atoms with E-state index in [0.29, 0.717) is 17.6 Å². The minimum absolute atomic E-state index is 0.224. The second-order valence-corrected chi connectivity index (χ2v) is 7.86. The highest BCUT2D eigenvalue weighted by Crippen LogP contribution is 2.18. The van der Waals surface area contributed by atoms with Gasteiger partial charge in [0.05, 0.1) is 6.20 Å². The molecule has 0 radical (unpaired) electrons. The van der Waals surface area contributed by atoms with Gasteiger partial charge >= 0.3 is 0 Å². The topological polar surface area (TPSA) is 44.5 Å². The molecule has 5 nitrogen and oxygen atoms in total. The molecule has 6 heteroatoms. The molecule has 3 rings (SSSR count). The van der Waals surface area contributed by atoms with Gasteiger partial charge < -0.3 is 5.11 Å². The maximum atomic E-state index is 14.0. The van der Waals surface area contributed by atoms with Crippen molar-refractivity contribution in [2.45, 2.75) is 39.3 Å². The summed E-state index contributed by atoms with van der Waals surface area (Å²) in [5, 5.41) is 13.8. The molecule has 1 aromatic heterocycles. The number of aliphatic hydroxyl groups excluding tert-OH is 1. The van der Waals surface area contributed by atoms with E-state index in [0.717, 1.165) is 44.7 Å². The third kappa shape index (κ3) is 5.37. The predicted molar refractivity (Wildman–Crippen MR) is 105 cm³/mol. The van der Waals surface area contributed by atoms with Crippen molar-refractivity contribution in [2.75, 3.05) is 32.8 Å². The summed E-state index contributed by atoms with van der Waals surface area (Å²) in [5.74, 6) is 0.427. The molecule has 1 atom stereocenters. The Bertz CT molecular complexity index is 718. The third-order valence-corrected chi connectivity index (χ3v) is 5.29. The van der Waals surface area contributed by atoms with Crippen molar-refractivity contribution in [1.29, 1.82) is 0 Å². The Kier molecular flexibility index (Phi) is 6.99. The second kappa shape index (κ2) is 9.44. The first-order valence-corrected chi connectivity index (χ1v) is 9.92. The minimum Gasteiger partial charge on any atom is -0.396 e. The Morgan fingerprint density at radius 1 is 1.26 bits per heavy atom. The average molecular weight is 375 g/mol. The van der Waals surface area contributed by atoms with Crippen LogP contribution in [0, 0.1) is 11.7 Å². The van der Waals surface area contributed by atoms with Gasteiger partial charge in [-0.05, 0) is 37.4 Å². The first-order chi connectivity index (χ1) is 13.1. The van der Waals surface area contributed by atoms with Gasteiger partial charge in [0.2, 0.25) is 0 Å². The number of nitrogens with zero attached hydrogens (tertiary/aromatic N) is 4. The van der Waals surface area contributed by atoms with Crippen LogP contribution in [0.5, 0.6) is 0 Å². The van der Waals surface area contributed by atoms with Crippen molar-refractivity contribution in [3.63, 3.8) is 0 Å². The van der Waals surface area contributed by atoms with Crippen molar-refractivity contribution >= 4 is 0 Å². The average Bonchev–Trinajstić information content (AvgIpc) is 3.10. The van der Waals surface area contributed by atoms with E-state index in [2.05, 4.69) is 28.7 Å². The van der Waals surface area contributed by atoms with E-state index in [1.807, 2.05) is 18.5 Å². The monoisotopic (exact) mass is 374 g/mol. The Balaban J connectivity index is 1.61. The van der Waals surface area contributed by atoms with E-state index in [1.165, 1.54) is 12.5 Å². The van der Waals surface area contributed by atoms with Gasteiger partial charge in [0, 0.05) is 50.6 Å². The number of benzene rings is 1. The van der Waals surface area contributed by atoms with Crippen molar-refractivity contribution in [3.8, 4) is 5.69 Å². The smallest absolute Gasteiger partial charge is 0.148 e. The molecule has 1 saturated heterocycles. The fourth-order valence-electron chi connectivity index (χ4n) is 3.71. The third-order valence-electron chi connectivity index (χ3n) is 5.29. The zero-order valence-corrected chi connectivity index (χ0v) is 16.4. The van der Waals surface area contributed by atoms with E-state index < -0.39 is 0 Å². The molecule has 1 aromatic carbocycles. The Morgan fingerprint density at radius 3 is 2.81 bits per heavy atom. The maximum Gasteiger partial charge on any atom is 0.148 e. The van der Waals surface area contributed by atoms with Crippen LogP contribution in [0.2, 0.25) is 0 Å². The Morgan fingerprint density at radius 2 is 2.07 bits per heavy atom. The van der Waals surface area contributed by atoms with Gasteiger partial charge in [-0.15, -0.1) is 0 Å². The molecular formula is C21H31FN4O. The van der Waals surface area contributed by atoms with Crippen molar-refractivity contribution in [2.24, 2.45) is 5.92 Å². The molecule has 148 valence electrons. The number of halogens is 1. The molecule has 0 spiro atoms. The van der Waals surface area contributed by atoms with Gasteiger partial charge in [-0.3, -0.25) is 9.80 Å². The van der Waals surface area contributed by atoms with Crippen LogP contribution in [0.1, 0.15) is 32.3 Å². The SMILES string of the molecule is CC(C)CCN1CCN(Cc2cnn(-c3ccccc3F)c2)C[C@H]1CCO. The second-order valence-electron chi connectivity index (χ2n) is 7.86.